The van der Waals surface area contributed by atoms with Crippen molar-refractivity contribution in [3.63, 3.8) is 0 Å². The van der Waals surface area contributed by atoms with E-state index in [9.17, 15) is 4.79 Å². The van der Waals surface area contributed by atoms with Crippen LogP contribution in [0.15, 0.2) is 53.3 Å². The second kappa shape index (κ2) is 6.38. The first-order chi connectivity index (χ1) is 15.1. The van der Waals surface area contributed by atoms with Gasteiger partial charge in [-0.1, -0.05) is 56.1 Å². The Morgan fingerprint density at radius 3 is 2.84 bits per heavy atom. The number of ether oxygens (including phenoxy) is 2. The van der Waals surface area contributed by atoms with E-state index in [4.69, 9.17) is 9.47 Å². The van der Waals surface area contributed by atoms with E-state index in [2.05, 4.69) is 62.2 Å². The van der Waals surface area contributed by atoms with Gasteiger partial charge in [-0.3, -0.25) is 4.79 Å². The lowest BCUT2D eigenvalue weighted by molar-refractivity contribution is -0.132. The summed E-state index contributed by atoms with van der Waals surface area (Å²) >= 11 is 7.80. The molecule has 3 nitrogen and oxygen atoms in total. The summed E-state index contributed by atoms with van der Waals surface area (Å²) in [6, 6.07) is 8.18. The molecule has 1 aliphatic heterocycles. The molecule has 3 fully saturated rings. The molecule has 160 valence electrons. The van der Waals surface area contributed by atoms with E-state index in [0.717, 1.165) is 17.5 Å². The van der Waals surface area contributed by atoms with Crippen molar-refractivity contribution >= 4 is 43.7 Å². The average molecular weight is 544 g/mol. The number of rotatable bonds is 3. The molecule has 3 saturated carbocycles. The molecule has 31 heavy (non-hydrogen) atoms. The highest BCUT2D eigenvalue weighted by molar-refractivity contribution is 9.09. The summed E-state index contributed by atoms with van der Waals surface area (Å²) in [6.45, 7) is 0. The summed E-state index contributed by atoms with van der Waals surface area (Å²) in [6.07, 6.45) is 8.93. The Kier molecular flexibility index (Phi) is 3.94. The number of carbonyl (C=O) groups is 1. The third kappa shape index (κ3) is 2.18. The third-order valence-corrected chi connectivity index (χ3v) is 11.4. The molecule has 9 atom stereocenters. The maximum absolute atomic E-state index is 13.8. The van der Waals surface area contributed by atoms with E-state index >= 15 is 0 Å². The molecule has 1 aromatic rings. The second-order valence-corrected chi connectivity index (χ2v) is 11.7. The topological polar surface area (TPSA) is 35.5 Å². The Morgan fingerprint density at radius 2 is 2.10 bits per heavy atom. The van der Waals surface area contributed by atoms with E-state index in [-0.39, 0.29) is 23.4 Å². The van der Waals surface area contributed by atoms with Gasteiger partial charge >= 0.3 is 0 Å². The second-order valence-electron chi connectivity index (χ2n) is 10.1. The number of carbonyl (C=O) groups excluding carboxylic acids is 1. The molecule has 5 heteroatoms. The van der Waals surface area contributed by atoms with Crippen LogP contribution < -0.4 is 4.74 Å². The SMILES string of the molecule is COc1ccc(/C=C2/C=CC3OC4=C(CC23)C2C(=O)C3(CBr)C5CC(C(Br)C25)C43)cc1. The normalized spacial score (nSPS) is 46.7. The first-order valence-electron chi connectivity index (χ1n) is 11.3. The Bertz CT molecular complexity index is 1090. The van der Waals surface area contributed by atoms with Crippen molar-refractivity contribution in [1.29, 1.82) is 0 Å². The molecular formula is C26H24Br2O3. The zero-order valence-corrected chi connectivity index (χ0v) is 20.4. The molecule has 0 radical (unpaired) electrons. The fourth-order valence-electron chi connectivity index (χ4n) is 8.03. The fraction of sp³-hybridized carbons (Fsp3) is 0.500. The van der Waals surface area contributed by atoms with Crippen LogP contribution in [0.5, 0.6) is 5.75 Å². The van der Waals surface area contributed by atoms with Crippen LogP contribution >= 0.6 is 31.9 Å². The van der Waals surface area contributed by atoms with Crippen molar-refractivity contribution in [3.8, 4) is 5.75 Å². The number of benzene rings is 1. The molecule has 7 rings (SSSR count). The van der Waals surface area contributed by atoms with Crippen LogP contribution in [0.2, 0.25) is 0 Å². The number of allylic oxidation sites excluding steroid dienone is 3. The molecule has 5 aliphatic carbocycles. The molecule has 0 N–H and O–H groups in total. The highest BCUT2D eigenvalue weighted by Crippen LogP contribution is 2.77. The molecule has 0 spiro atoms. The Morgan fingerprint density at radius 1 is 1.29 bits per heavy atom. The third-order valence-electron chi connectivity index (χ3n) is 9.19. The molecule has 9 unspecified atom stereocenters. The molecule has 0 amide bonds. The van der Waals surface area contributed by atoms with Gasteiger partial charge in [0.15, 0.2) is 0 Å². The van der Waals surface area contributed by atoms with Gasteiger partial charge in [0.05, 0.1) is 12.5 Å². The number of fused-ring (bicyclic) bond motifs is 5. The van der Waals surface area contributed by atoms with E-state index in [0.29, 0.717) is 34.3 Å². The molecule has 5 bridgehead atoms. The van der Waals surface area contributed by atoms with Crippen LogP contribution in [-0.4, -0.2) is 29.2 Å². The van der Waals surface area contributed by atoms with Crippen LogP contribution in [0.25, 0.3) is 6.08 Å². The standard InChI is InChI=1S/C26H24Br2O3/c1-30-14-5-2-12(3-6-14)8-13-4-7-19-15(13)9-16-20-21-18-10-17(23(21)28)22(24(16)31-19)26(18,11-27)25(20)29/h2-8,15,17-23H,9-11H2,1H3/b13-8-. The minimum Gasteiger partial charge on any atom is -0.497 e. The fourth-order valence-corrected chi connectivity index (χ4v) is 10.3. The predicted molar refractivity (Wildman–Crippen MR) is 126 cm³/mol. The zero-order chi connectivity index (χ0) is 21.1. The maximum atomic E-state index is 13.8. The van der Waals surface area contributed by atoms with Gasteiger partial charge < -0.3 is 9.47 Å². The van der Waals surface area contributed by atoms with Gasteiger partial charge in [0, 0.05) is 27.9 Å². The highest BCUT2D eigenvalue weighted by Gasteiger charge is 2.79. The predicted octanol–water partition coefficient (Wildman–Crippen LogP) is 5.55. The lowest BCUT2D eigenvalue weighted by Gasteiger charge is -2.45. The van der Waals surface area contributed by atoms with Gasteiger partial charge in [-0.2, -0.15) is 0 Å². The minimum absolute atomic E-state index is 0.0504. The zero-order valence-electron chi connectivity index (χ0n) is 17.3. The quantitative estimate of drug-likeness (QED) is 0.469. The van der Waals surface area contributed by atoms with Gasteiger partial charge in [0.1, 0.15) is 23.4 Å². The number of hydrogen-bond acceptors (Lipinski definition) is 3. The molecule has 0 saturated heterocycles. The summed E-state index contributed by atoms with van der Waals surface area (Å²) < 4.78 is 12.1. The Balaban J connectivity index is 1.27. The summed E-state index contributed by atoms with van der Waals surface area (Å²) in [7, 11) is 1.69. The summed E-state index contributed by atoms with van der Waals surface area (Å²) in [4.78, 5) is 14.2. The lowest BCUT2D eigenvalue weighted by atomic mass is 9.64. The van der Waals surface area contributed by atoms with Gasteiger partial charge in [0.25, 0.3) is 0 Å². The van der Waals surface area contributed by atoms with E-state index < -0.39 is 0 Å². The van der Waals surface area contributed by atoms with Crippen molar-refractivity contribution in [2.45, 2.75) is 23.8 Å². The number of methoxy groups -OCH3 is 1. The summed E-state index contributed by atoms with van der Waals surface area (Å²) in [5, 5.41) is 0.782. The van der Waals surface area contributed by atoms with E-state index in [1.54, 1.807) is 7.11 Å². The first kappa shape index (κ1) is 19.2. The molecule has 1 aromatic carbocycles. The van der Waals surface area contributed by atoms with Crippen LogP contribution in [0.4, 0.5) is 0 Å². The van der Waals surface area contributed by atoms with Crippen molar-refractivity contribution in [3.05, 3.63) is 58.9 Å². The van der Waals surface area contributed by atoms with Gasteiger partial charge in [-0.25, -0.2) is 0 Å². The van der Waals surface area contributed by atoms with Crippen molar-refractivity contribution in [2.24, 2.45) is 40.9 Å². The van der Waals surface area contributed by atoms with Crippen LogP contribution in [0.3, 0.4) is 0 Å². The Labute approximate surface area is 199 Å². The summed E-state index contributed by atoms with van der Waals surface area (Å²) in [5.74, 6) is 4.65. The van der Waals surface area contributed by atoms with Crippen molar-refractivity contribution < 1.29 is 14.3 Å². The molecule has 6 aliphatic rings. The lowest BCUT2D eigenvalue weighted by Crippen LogP contribution is -2.48. The van der Waals surface area contributed by atoms with Gasteiger partial charge in [0.2, 0.25) is 0 Å². The maximum Gasteiger partial charge on any atom is 0.148 e. The van der Waals surface area contributed by atoms with Crippen LogP contribution in [0.1, 0.15) is 18.4 Å². The van der Waals surface area contributed by atoms with Crippen LogP contribution in [-0.2, 0) is 9.53 Å². The van der Waals surface area contributed by atoms with Gasteiger partial charge in [-0.05, 0) is 65.5 Å². The highest BCUT2D eigenvalue weighted by atomic mass is 79.9. The number of alkyl halides is 2. The first-order valence-corrected chi connectivity index (χ1v) is 13.3. The summed E-state index contributed by atoms with van der Waals surface area (Å²) in [5.41, 5.74) is 3.58. The Hall–Kier alpha value is -1.33. The van der Waals surface area contributed by atoms with Crippen molar-refractivity contribution in [1.82, 2.24) is 0 Å². The number of ketones is 1. The molecule has 1 heterocycles. The monoisotopic (exact) mass is 542 g/mol. The largest absolute Gasteiger partial charge is 0.497 e. The molecule has 0 aromatic heterocycles. The van der Waals surface area contributed by atoms with Crippen LogP contribution in [0, 0.1) is 40.9 Å². The minimum atomic E-state index is -0.222. The van der Waals surface area contributed by atoms with Crippen molar-refractivity contribution in [2.75, 3.05) is 12.4 Å². The van der Waals surface area contributed by atoms with E-state index in [1.807, 2.05) is 12.1 Å². The van der Waals surface area contributed by atoms with Gasteiger partial charge in [-0.15, -0.1) is 0 Å². The number of hydrogen-bond donors (Lipinski definition) is 0. The van der Waals surface area contributed by atoms with E-state index in [1.165, 1.54) is 28.9 Å². The number of halogens is 2. The smallest absolute Gasteiger partial charge is 0.148 e. The average Bonchev–Trinajstić information content (AvgIpc) is 3.45. The number of Topliss-reactive ketones (excluding diaryl/α,β-unsaturated/α-hetero) is 1. The molecular weight excluding hydrogens is 520 g/mol.